The van der Waals surface area contributed by atoms with Crippen LogP contribution in [0.3, 0.4) is 0 Å². The lowest BCUT2D eigenvalue weighted by Crippen LogP contribution is -2.42. The fraction of sp³-hybridized carbons (Fsp3) is 0.231. The molecule has 3 aromatic rings. The van der Waals surface area contributed by atoms with Gasteiger partial charge in [-0.25, -0.2) is 18.2 Å². The average Bonchev–Trinajstić information content (AvgIpc) is 2.92. The number of nitro benzene ring substituents is 1. The van der Waals surface area contributed by atoms with Crippen LogP contribution in [0.1, 0.15) is 24.0 Å². The van der Waals surface area contributed by atoms with Crippen molar-refractivity contribution < 1.29 is 27.3 Å². The molecule has 0 atom stereocenters. The Morgan fingerprint density at radius 2 is 1.87 bits per heavy atom. The van der Waals surface area contributed by atoms with Crippen LogP contribution in [-0.2, 0) is 21.4 Å². The van der Waals surface area contributed by atoms with Crippen molar-refractivity contribution in [3.8, 4) is 5.75 Å². The summed E-state index contributed by atoms with van der Waals surface area (Å²) in [5, 5.41) is 15.6. The van der Waals surface area contributed by atoms with E-state index in [1.54, 1.807) is 12.1 Å². The molecule has 13 heteroatoms. The molecule has 0 radical (unpaired) electrons. The number of carbonyl (C=O) groups excluding carboxylic acids is 1. The first-order valence-electron chi connectivity index (χ1n) is 11.9. The lowest BCUT2D eigenvalue weighted by Gasteiger charge is -2.30. The molecule has 1 N–H and O–H groups in total. The predicted octanol–water partition coefficient (Wildman–Crippen LogP) is 4.52. The Balaban J connectivity index is 1.37. The highest BCUT2D eigenvalue weighted by atomic mass is 35.5. The fourth-order valence-electron chi connectivity index (χ4n) is 4.04. The van der Waals surface area contributed by atoms with E-state index < -0.39 is 32.6 Å². The third-order valence-electron chi connectivity index (χ3n) is 6.14. The number of hydrogen-bond acceptors (Lipinski definition) is 7. The van der Waals surface area contributed by atoms with E-state index in [0.717, 1.165) is 0 Å². The molecule has 0 aromatic heterocycles. The normalized spacial score (nSPS) is 14.8. The van der Waals surface area contributed by atoms with E-state index in [2.05, 4.69) is 10.5 Å². The summed E-state index contributed by atoms with van der Waals surface area (Å²) in [6.07, 6.45) is 1.83. The van der Waals surface area contributed by atoms with Gasteiger partial charge in [-0.15, -0.1) is 0 Å². The molecular weight excluding hydrogens is 551 g/mol. The molecule has 204 valence electrons. The van der Waals surface area contributed by atoms with Crippen molar-refractivity contribution in [2.24, 2.45) is 11.0 Å². The number of ether oxygens (including phenoxy) is 1. The molecule has 10 nitrogen and oxygen atoms in total. The Labute approximate surface area is 229 Å². The zero-order valence-corrected chi connectivity index (χ0v) is 22.1. The van der Waals surface area contributed by atoms with E-state index in [9.17, 15) is 27.7 Å². The van der Waals surface area contributed by atoms with Crippen LogP contribution in [0, 0.1) is 21.8 Å². The second kappa shape index (κ2) is 12.3. The Morgan fingerprint density at radius 3 is 2.54 bits per heavy atom. The van der Waals surface area contributed by atoms with Crippen LogP contribution in [0.25, 0.3) is 0 Å². The van der Waals surface area contributed by atoms with Gasteiger partial charge in [-0.1, -0.05) is 23.7 Å². The number of rotatable bonds is 9. The number of hydrazone groups is 1. The van der Waals surface area contributed by atoms with Crippen LogP contribution >= 0.6 is 11.6 Å². The Hall–Kier alpha value is -3.87. The number of nitrogens with one attached hydrogen (secondary N) is 1. The number of piperidine rings is 1. The third-order valence-corrected chi connectivity index (χ3v) is 8.31. The molecule has 1 saturated heterocycles. The Bertz CT molecular complexity index is 1490. The molecule has 1 amide bonds. The molecule has 1 heterocycles. The van der Waals surface area contributed by atoms with Crippen LogP contribution in [0.2, 0.25) is 5.02 Å². The standard InChI is InChI=1S/C26H24ClFN4O6S/c27-21-4-7-24(8-5-21)39(36,37)31-12-10-19(11-13-31)26(33)30-29-16-20-15-23(32(34)35)6-9-25(20)38-17-18-2-1-3-22(28)14-18/h1-9,14-16,19H,10-13,17H2,(H,30,33)/b29-16+. The average molecular weight is 575 g/mol. The summed E-state index contributed by atoms with van der Waals surface area (Å²) >= 11 is 5.85. The maximum absolute atomic E-state index is 13.5. The van der Waals surface area contributed by atoms with Gasteiger partial charge in [-0.3, -0.25) is 14.9 Å². The minimum absolute atomic E-state index is 0.0142. The lowest BCUT2D eigenvalue weighted by atomic mass is 9.98. The number of benzene rings is 3. The summed E-state index contributed by atoms with van der Waals surface area (Å²) in [5.41, 5.74) is 3.03. The molecule has 0 bridgehead atoms. The van der Waals surface area contributed by atoms with Crippen LogP contribution in [-0.4, -0.2) is 42.9 Å². The number of non-ortho nitro benzene ring substituents is 1. The maximum atomic E-state index is 13.5. The molecule has 0 spiro atoms. The van der Waals surface area contributed by atoms with Gasteiger partial charge in [0.05, 0.1) is 16.0 Å². The SMILES string of the molecule is O=C(N/N=C/c1cc([N+](=O)[O-])ccc1OCc1cccc(F)c1)C1CCN(S(=O)(=O)c2ccc(Cl)cc2)CC1. The van der Waals surface area contributed by atoms with Crippen molar-refractivity contribution in [2.45, 2.75) is 24.3 Å². The van der Waals surface area contributed by atoms with E-state index in [0.29, 0.717) is 23.4 Å². The fourth-order valence-corrected chi connectivity index (χ4v) is 5.64. The van der Waals surface area contributed by atoms with E-state index in [4.69, 9.17) is 16.3 Å². The molecule has 0 unspecified atom stereocenters. The molecule has 0 saturated carbocycles. The van der Waals surface area contributed by atoms with Gasteiger partial charge < -0.3 is 4.74 Å². The first-order valence-corrected chi connectivity index (χ1v) is 13.7. The van der Waals surface area contributed by atoms with Crippen LogP contribution in [0.4, 0.5) is 10.1 Å². The highest BCUT2D eigenvalue weighted by molar-refractivity contribution is 7.89. The smallest absolute Gasteiger partial charge is 0.270 e. The number of carbonyl (C=O) groups is 1. The molecular formula is C26H24ClFN4O6S. The second-order valence-corrected chi connectivity index (χ2v) is 11.1. The molecule has 4 rings (SSSR count). The Kier molecular flexibility index (Phi) is 8.90. The van der Waals surface area contributed by atoms with Crippen molar-refractivity contribution in [3.63, 3.8) is 0 Å². The number of nitrogens with zero attached hydrogens (tertiary/aromatic N) is 3. The molecule has 1 aliphatic heterocycles. The van der Waals surface area contributed by atoms with Gasteiger partial charge in [0.1, 0.15) is 18.2 Å². The van der Waals surface area contributed by atoms with Crippen molar-refractivity contribution in [3.05, 3.63) is 98.8 Å². The van der Waals surface area contributed by atoms with Crippen molar-refractivity contribution in [1.82, 2.24) is 9.73 Å². The summed E-state index contributed by atoms with van der Waals surface area (Å²) in [5.74, 6) is -1.03. The topological polar surface area (TPSA) is 131 Å². The number of amides is 1. The van der Waals surface area contributed by atoms with Gasteiger partial charge in [0.25, 0.3) is 5.69 Å². The zero-order valence-electron chi connectivity index (χ0n) is 20.5. The molecule has 39 heavy (non-hydrogen) atoms. The summed E-state index contributed by atoms with van der Waals surface area (Å²) in [7, 11) is -3.70. The zero-order chi connectivity index (χ0) is 28.0. The highest BCUT2D eigenvalue weighted by Gasteiger charge is 2.32. The van der Waals surface area contributed by atoms with Crippen LogP contribution in [0.5, 0.6) is 5.75 Å². The van der Waals surface area contributed by atoms with Gasteiger partial charge in [0.15, 0.2) is 0 Å². The van der Waals surface area contributed by atoms with E-state index in [1.807, 2.05) is 0 Å². The van der Waals surface area contributed by atoms with Crippen LogP contribution in [0.15, 0.2) is 76.7 Å². The van der Waals surface area contributed by atoms with Gasteiger partial charge in [-0.05, 0) is 60.9 Å². The monoisotopic (exact) mass is 574 g/mol. The first-order chi connectivity index (χ1) is 18.6. The Morgan fingerprint density at radius 1 is 1.15 bits per heavy atom. The molecule has 1 fully saturated rings. The van der Waals surface area contributed by atoms with Crippen molar-refractivity contribution >= 4 is 39.4 Å². The molecule has 0 aliphatic carbocycles. The highest BCUT2D eigenvalue weighted by Crippen LogP contribution is 2.26. The lowest BCUT2D eigenvalue weighted by molar-refractivity contribution is -0.384. The second-order valence-electron chi connectivity index (χ2n) is 8.76. The molecule has 3 aromatic carbocycles. The summed E-state index contributed by atoms with van der Waals surface area (Å²) in [4.78, 5) is 23.5. The van der Waals surface area contributed by atoms with Crippen molar-refractivity contribution in [1.29, 1.82) is 0 Å². The summed E-state index contributed by atoms with van der Waals surface area (Å²) in [6.45, 7) is 0.339. The quantitative estimate of drug-likeness (QED) is 0.227. The number of sulfonamides is 1. The van der Waals surface area contributed by atoms with E-state index in [1.165, 1.54) is 65.1 Å². The first kappa shape index (κ1) is 28.1. The number of halogens is 2. The van der Waals surface area contributed by atoms with Gasteiger partial charge in [0, 0.05) is 41.7 Å². The summed E-state index contributed by atoms with van der Waals surface area (Å²) < 4.78 is 46.2. The van der Waals surface area contributed by atoms with E-state index >= 15 is 0 Å². The van der Waals surface area contributed by atoms with Gasteiger partial charge in [-0.2, -0.15) is 9.41 Å². The number of hydrogen-bond donors (Lipinski definition) is 1. The minimum atomic E-state index is -3.70. The predicted molar refractivity (Wildman–Crippen MR) is 142 cm³/mol. The van der Waals surface area contributed by atoms with Gasteiger partial charge in [0.2, 0.25) is 15.9 Å². The number of nitro groups is 1. The minimum Gasteiger partial charge on any atom is -0.488 e. The molecule has 1 aliphatic rings. The van der Waals surface area contributed by atoms with Gasteiger partial charge >= 0.3 is 0 Å². The van der Waals surface area contributed by atoms with Crippen molar-refractivity contribution in [2.75, 3.05) is 13.1 Å². The maximum Gasteiger partial charge on any atom is 0.270 e. The third kappa shape index (κ3) is 7.16. The summed E-state index contributed by atoms with van der Waals surface area (Å²) in [6, 6.07) is 15.6. The van der Waals surface area contributed by atoms with Crippen LogP contribution < -0.4 is 10.2 Å². The largest absolute Gasteiger partial charge is 0.488 e. The van der Waals surface area contributed by atoms with E-state index in [-0.39, 0.29) is 41.6 Å².